The number of carbonyl (C=O) groups excluding carboxylic acids is 1. The van der Waals surface area contributed by atoms with Gasteiger partial charge in [0.05, 0.1) is 4.90 Å². The molecule has 0 bridgehead atoms. The Morgan fingerprint density at radius 3 is 2.29 bits per heavy atom. The van der Waals surface area contributed by atoms with E-state index in [0.29, 0.717) is 17.5 Å². The Morgan fingerprint density at radius 1 is 1.19 bits per heavy atom. The largest absolute Gasteiger partial charge is 0.326 e. The highest BCUT2D eigenvalue weighted by Crippen LogP contribution is 2.42. The van der Waals surface area contributed by atoms with Crippen LogP contribution in [0, 0.1) is 11.8 Å². The highest BCUT2D eigenvalue weighted by Gasteiger charge is 2.54. The SMILES string of the molecule is CC(=O)Nc1ccc(S(=O)(=O)NC2C3CNCC32)cc1.Cl. The zero-order valence-electron chi connectivity index (χ0n) is 11.5. The molecule has 1 aromatic rings. The summed E-state index contributed by atoms with van der Waals surface area (Å²) < 4.78 is 27.2. The third-order valence-corrected chi connectivity index (χ3v) is 5.34. The summed E-state index contributed by atoms with van der Waals surface area (Å²) in [5.41, 5.74) is 0.587. The van der Waals surface area contributed by atoms with Crippen molar-refractivity contribution >= 4 is 34.0 Å². The van der Waals surface area contributed by atoms with Crippen LogP contribution in [-0.2, 0) is 14.8 Å². The maximum Gasteiger partial charge on any atom is 0.240 e. The molecule has 2 fully saturated rings. The van der Waals surface area contributed by atoms with Crippen molar-refractivity contribution in [3.8, 4) is 0 Å². The van der Waals surface area contributed by atoms with Gasteiger partial charge in [-0.2, -0.15) is 0 Å². The third kappa shape index (κ3) is 3.37. The summed E-state index contributed by atoms with van der Waals surface area (Å²) in [4.78, 5) is 11.1. The first-order chi connectivity index (χ1) is 9.47. The van der Waals surface area contributed by atoms with Crippen LogP contribution in [0.2, 0.25) is 0 Å². The standard InChI is InChI=1S/C13H17N3O3S.ClH/c1-8(17)15-9-2-4-10(5-3-9)20(18,19)16-13-11-6-14-7-12(11)13;/h2-5,11-14,16H,6-7H2,1H3,(H,15,17);1H. The Labute approximate surface area is 130 Å². The molecule has 0 radical (unpaired) electrons. The lowest BCUT2D eigenvalue weighted by Crippen LogP contribution is -2.32. The first-order valence-corrected chi connectivity index (χ1v) is 8.06. The molecule has 0 spiro atoms. The minimum Gasteiger partial charge on any atom is -0.326 e. The Bertz CT molecular complexity index is 623. The van der Waals surface area contributed by atoms with E-state index in [-0.39, 0.29) is 29.3 Å². The van der Waals surface area contributed by atoms with Crippen LogP contribution in [0.1, 0.15) is 6.92 Å². The molecule has 1 aliphatic carbocycles. The van der Waals surface area contributed by atoms with Crippen molar-refractivity contribution in [3.05, 3.63) is 24.3 Å². The smallest absolute Gasteiger partial charge is 0.240 e. The lowest BCUT2D eigenvalue weighted by Gasteiger charge is -2.09. The highest BCUT2D eigenvalue weighted by molar-refractivity contribution is 7.89. The van der Waals surface area contributed by atoms with E-state index in [2.05, 4.69) is 15.4 Å². The molecule has 3 N–H and O–H groups in total. The number of nitrogens with one attached hydrogen (secondary N) is 3. The second kappa shape index (κ2) is 5.92. The normalized spacial score (nSPS) is 26.6. The molecule has 1 aromatic carbocycles. The van der Waals surface area contributed by atoms with Crippen molar-refractivity contribution in [2.75, 3.05) is 18.4 Å². The third-order valence-electron chi connectivity index (χ3n) is 3.87. The van der Waals surface area contributed by atoms with Gasteiger partial charge in [-0.25, -0.2) is 13.1 Å². The molecule has 8 heteroatoms. The van der Waals surface area contributed by atoms with Gasteiger partial charge in [0.15, 0.2) is 0 Å². The number of amides is 1. The molecule has 0 aromatic heterocycles. The number of carbonyl (C=O) groups is 1. The summed E-state index contributed by atoms with van der Waals surface area (Å²) in [7, 11) is -3.47. The minimum absolute atomic E-state index is 0. The molecule has 3 rings (SSSR count). The minimum atomic E-state index is -3.47. The van der Waals surface area contributed by atoms with E-state index >= 15 is 0 Å². The lowest BCUT2D eigenvalue weighted by atomic mass is 10.3. The van der Waals surface area contributed by atoms with Crippen LogP contribution in [0.3, 0.4) is 0 Å². The maximum absolute atomic E-state index is 12.2. The second-order valence-electron chi connectivity index (χ2n) is 5.34. The predicted molar refractivity (Wildman–Crippen MR) is 82.0 cm³/mol. The van der Waals surface area contributed by atoms with Crippen molar-refractivity contribution < 1.29 is 13.2 Å². The fourth-order valence-electron chi connectivity index (χ4n) is 2.76. The van der Waals surface area contributed by atoms with E-state index in [4.69, 9.17) is 0 Å². The van der Waals surface area contributed by atoms with Crippen LogP contribution in [-0.4, -0.2) is 33.5 Å². The van der Waals surface area contributed by atoms with Gasteiger partial charge in [-0.1, -0.05) is 0 Å². The summed E-state index contributed by atoms with van der Waals surface area (Å²) in [6.45, 7) is 3.19. The molecule has 2 atom stereocenters. The van der Waals surface area contributed by atoms with Gasteiger partial charge in [0.25, 0.3) is 0 Å². The average molecular weight is 332 g/mol. The van der Waals surface area contributed by atoms with Crippen LogP contribution in [0.5, 0.6) is 0 Å². The van der Waals surface area contributed by atoms with Crippen LogP contribution >= 0.6 is 12.4 Å². The fraction of sp³-hybridized carbons (Fsp3) is 0.462. The summed E-state index contributed by atoms with van der Waals surface area (Å²) in [6.07, 6.45) is 0. The lowest BCUT2D eigenvalue weighted by molar-refractivity contribution is -0.114. The topological polar surface area (TPSA) is 87.3 Å². The van der Waals surface area contributed by atoms with Gasteiger partial charge in [-0.15, -0.1) is 12.4 Å². The average Bonchev–Trinajstić information content (AvgIpc) is 2.83. The molecule has 6 nitrogen and oxygen atoms in total. The van der Waals surface area contributed by atoms with Gasteiger partial charge in [0, 0.05) is 18.7 Å². The Morgan fingerprint density at radius 2 is 1.76 bits per heavy atom. The van der Waals surface area contributed by atoms with Crippen molar-refractivity contribution in [1.82, 2.24) is 10.0 Å². The molecular weight excluding hydrogens is 314 g/mol. The fourth-order valence-corrected chi connectivity index (χ4v) is 4.10. The number of anilines is 1. The zero-order chi connectivity index (χ0) is 14.3. The summed E-state index contributed by atoms with van der Waals surface area (Å²) >= 11 is 0. The number of hydrogen-bond donors (Lipinski definition) is 3. The van der Waals surface area contributed by atoms with Gasteiger partial charge in [-0.3, -0.25) is 4.79 Å². The van der Waals surface area contributed by atoms with Gasteiger partial charge in [-0.05, 0) is 49.2 Å². The summed E-state index contributed by atoms with van der Waals surface area (Å²) in [6, 6.07) is 6.25. The van der Waals surface area contributed by atoms with Crippen LogP contribution in [0.4, 0.5) is 5.69 Å². The Kier molecular flexibility index (Phi) is 4.57. The molecular formula is C13H18ClN3O3S. The van der Waals surface area contributed by atoms with Crippen LogP contribution < -0.4 is 15.4 Å². The number of sulfonamides is 1. The predicted octanol–water partition coefficient (Wildman–Crippen LogP) is 0.563. The van der Waals surface area contributed by atoms with E-state index in [1.807, 2.05) is 0 Å². The summed E-state index contributed by atoms with van der Waals surface area (Å²) in [5, 5.41) is 5.83. The molecule has 116 valence electrons. The number of piperidine rings is 1. The molecule has 1 aliphatic heterocycles. The van der Waals surface area contributed by atoms with E-state index in [1.54, 1.807) is 12.1 Å². The van der Waals surface area contributed by atoms with Crippen molar-refractivity contribution in [3.63, 3.8) is 0 Å². The van der Waals surface area contributed by atoms with Gasteiger partial charge >= 0.3 is 0 Å². The quantitative estimate of drug-likeness (QED) is 0.752. The maximum atomic E-state index is 12.2. The Balaban J connectivity index is 0.00000161. The van der Waals surface area contributed by atoms with Gasteiger partial charge in [0.2, 0.25) is 15.9 Å². The van der Waals surface area contributed by atoms with Crippen molar-refractivity contribution in [2.24, 2.45) is 11.8 Å². The first-order valence-electron chi connectivity index (χ1n) is 6.58. The molecule has 1 saturated heterocycles. The molecule has 1 heterocycles. The van der Waals surface area contributed by atoms with Crippen molar-refractivity contribution in [1.29, 1.82) is 0 Å². The molecule has 1 saturated carbocycles. The number of fused-ring (bicyclic) bond motifs is 1. The second-order valence-corrected chi connectivity index (χ2v) is 7.05. The monoisotopic (exact) mass is 331 g/mol. The van der Waals surface area contributed by atoms with Crippen molar-refractivity contribution in [2.45, 2.75) is 17.9 Å². The number of halogens is 1. The van der Waals surface area contributed by atoms with E-state index in [1.165, 1.54) is 19.1 Å². The van der Waals surface area contributed by atoms with E-state index in [0.717, 1.165) is 13.1 Å². The molecule has 2 unspecified atom stereocenters. The number of benzene rings is 1. The van der Waals surface area contributed by atoms with E-state index in [9.17, 15) is 13.2 Å². The number of rotatable bonds is 4. The molecule has 21 heavy (non-hydrogen) atoms. The molecule has 2 aliphatic rings. The van der Waals surface area contributed by atoms with Crippen LogP contribution in [0.15, 0.2) is 29.2 Å². The highest BCUT2D eigenvalue weighted by atomic mass is 35.5. The van der Waals surface area contributed by atoms with E-state index < -0.39 is 10.0 Å². The van der Waals surface area contributed by atoms with Gasteiger partial charge < -0.3 is 10.6 Å². The zero-order valence-corrected chi connectivity index (χ0v) is 13.1. The molecule has 1 amide bonds. The first kappa shape index (κ1) is 16.2. The Hall–Kier alpha value is -1.15. The summed E-state index contributed by atoms with van der Waals surface area (Å²) in [5.74, 6) is 0.684. The van der Waals surface area contributed by atoms with Gasteiger partial charge in [0.1, 0.15) is 0 Å². The van der Waals surface area contributed by atoms with Crippen LogP contribution in [0.25, 0.3) is 0 Å². The number of hydrogen-bond acceptors (Lipinski definition) is 4.